The Hall–Kier alpha value is -1.96. The summed E-state index contributed by atoms with van der Waals surface area (Å²) in [5, 5.41) is 8.80. The van der Waals surface area contributed by atoms with Crippen molar-refractivity contribution < 1.29 is 14.3 Å². The van der Waals surface area contributed by atoms with Gasteiger partial charge >= 0.3 is 0 Å². The average molecular weight is 418 g/mol. The predicted octanol–water partition coefficient (Wildman–Crippen LogP) is 1.67. The highest BCUT2D eigenvalue weighted by atomic mass is 16.5. The van der Waals surface area contributed by atoms with Gasteiger partial charge in [-0.2, -0.15) is 0 Å². The van der Waals surface area contributed by atoms with E-state index in [0.717, 1.165) is 82.6 Å². The van der Waals surface area contributed by atoms with Crippen molar-refractivity contribution in [1.82, 2.24) is 24.6 Å². The van der Waals surface area contributed by atoms with Gasteiger partial charge in [0, 0.05) is 65.5 Å². The quantitative estimate of drug-likeness (QED) is 0.745. The van der Waals surface area contributed by atoms with E-state index in [1.165, 1.54) is 0 Å². The highest BCUT2D eigenvalue weighted by Gasteiger charge is 2.39. The number of hydrogen-bond donors (Lipinski definition) is 0. The van der Waals surface area contributed by atoms with Crippen molar-refractivity contribution in [2.75, 3.05) is 39.9 Å². The summed E-state index contributed by atoms with van der Waals surface area (Å²) in [5.41, 5.74) is 0.313. The van der Waals surface area contributed by atoms with Crippen LogP contribution in [0.3, 0.4) is 0 Å². The molecule has 0 N–H and O–H groups in total. The number of aromatic nitrogens is 3. The summed E-state index contributed by atoms with van der Waals surface area (Å²) >= 11 is 0. The first kappa shape index (κ1) is 21.3. The standard InChI is InChI=1S/C22H35N5O3/c1-17(28)25-11-4-18(5-12-25)21(29)26-13-8-22(9-14-26)7-3-19-23-24-20(6-16-30-2)27(19)15-10-22/h18H,3-16H2,1-2H3. The third-order valence-electron chi connectivity index (χ3n) is 7.60. The van der Waals surface area contributed by atoms with Gasteiger partial charge in [-0.15, -0.1) is 10.2 Å². The molecule has 0 unspecified atom stereocenters. The molecule has 0 atom stereocenters. The van der Waals surface area contributed by atoms with Gasteiger partial charge in [0.25, 0.3) is 0 Å². The summed E-state index contributed by atoms with van der Waals surface area (Å²) in [4.78, 5) is 28.5. The molecule has 166 valence electrons. The van der Waals surface area contributed by atoms with E-state index in [-0.39, 0.29) is 11.8 Å². The highest BCUT2D eigenvalue weighted by Crippen LogP contribution is 2.42. The number of piperidine rings is 2. The molecular formula is C22H35N5O3. The third-order valence-corrected chi connectivity index (χ3v) is 7.60. The number of likely N-dealkylation sites (tertiary alicyclic amines) is 2. The number of methoxy groups -OCH3 is 1. The Morgan fingerprint density at radius 1 is 1.00 bits per heavy atom. The second-order valence-corrected chi connectivity index (χ2v) is 9.28. The maximum absolute atomic E-state index is 13.0. The molecule has 1 spiro atoms. The van der Waals surface area contributed by atoms with Crippen LogP contribution in [-0.4, -0.2) is 76.3 Å². The van der Waals surface area contributed by atoms with E-state index >= 15 is 0 Å². The van der Waals surface area contributed by atoms with Gasteiger partial charge in [0.2, 0.25) is 11.8 Å². The van der Waals surface area contributed by atoms with E-state index < -0.39 is 0 Å². The van der Waals surface area contributed by atoms with Gasteiger partial charge in [0.1, 0.15) is 11.6 Å². The number of carbonyl (C=O) groups is 2. The highest BCUT2D eigenvalue weighted by molar-refractivity contribution is 5.79. The monoisotopic (exact) mass is 417 g/mol. The van der Waals surface area contributed by atoms with Crippen LogP contribution in [0.15, 0.2) is 0 Å². The third kappa shape index (κ3) is 4.38. The molecule has 0 saturated carbocycles. The van der Waals surface area contributed by atoms with Gasteiger partial charge < -0.3 is 19.1 Å². The smallest absolute Gasteiger partial charge is 0.225 e. The Bertz CT molecular complexity index is 761. The molecule has 8 heteroatoms. The Morgan fingerprint density at radius 2 is 1.70 bits per heavy atom. The van der Waals surface area contributed by atoms with Crippen molar-refractivity contribution in [2.45, 2.75) is 64.8 Å². The van der Waals surface area contributed by atoms with Crippen LogP contribution in [0.4, 0.5) is 0 Å². The lowest BCUT2D eigenvalue weighted by Gasteiger charge is -2.43. The molecule has 3 aliphatic rings. The van der Waals surface area contributed by atoms with Gasteiger partial charge in [-0.05, 0) is 43.9 Å². The maximum Gasteiger partial charge on any atom is 0.225 e. The average Bonchev–Trinajstić information content (AvgIpc) is 3.08. The molecule has 2 saturated heterocycles. The first-order valence-corrected chi connectivity index (χ1v) is 11.5. The zero-order valence-corrected chi connectivity index (χ0v) is 18.4. The van der Waals surface area contributed by atoms with Crippen molar-refractivity contribution in [3.8, 4) is 0 Å². The summed E-state index contributed by atoms with van der Waals surface area (Å²) in [5.74, 6) is 2.65. The summed E-state index contributed by atoms with van der Waals surface area (Å²) < 4.78 is 7.51. The Kier molecular flexibility index (Phi) is 6.41. The maximum atomic E-state index is 13.0. The molecular weight excluding hydrogens is 382 g/mol. The molecule has 0 bridgehead atoms. The van der Waals surface area contributed by atoms with Crippen LogP contribution in [0.5, 0.6) is 0 Å². The van der Waals surface area contributed by atoms with Crippen LogP contribution in [0.1, 0.15) is 57.1 Å². The van der Waals surface area contributed by atoms with Crippen LogP contribution >= 0.6 is 0 Å². The number of carbonyl (C=O) groups excluding carboxylic acids is 2. The minimum Gasteiger partial charge on any atom is -0.384 e. The molecule has 3 aliphatic heterocycles. The second-order valence-electron chi connectivity index (χ2n) is 9.28. The predicted molar refractivity (Wildman–Crippen MR) is 112 cm³/mol. The summed E-state index contributed by atoms with van der Waals surface area (Å²) in [6.45, 7) is 6.42. The fraction of sp³-hybridized carbons (Fsp3) is 0.818. The van der Waals surface area contributed by atoms with Crippen LogP contribution in [-0.2, 0) is 33.7 Å². The molecule has 0 aliphatic carbocycles. The zero-order valence-electron chi connectivity index (χ0n) is 18.4. The van der Waals surface area contributed by atoms with Crippen LogP contribution in [0.2, 0.25) is 0 Å². The number of ether oxygens (including phenoxy) is 1. The second kappa shape index (κ2) is 9.04. The van der Waals surface area contributed by atoms with Crippen molar-refractivity contribution >= 4 is 11.8 Å². The van der Waals surface area contributed by atoms with E-state index in [9.17, 15) is 9.59 Å². The van der Waals surface area contributed by atoms with E-state index in [0.29, 0.717) is 31.0 Å². The lowest BCUT2D eigenvalue weighted by molar-refractivity contribution is -0.142. The number of aryl methyl sites for hydroxylation is 1. The van der Waals surface area contributed by atoms with E-state index in [2.05, 4.69) is 19.7 Å². The summed E-state index contributed by atoms with van der Waals surface area (Å²) in [7, 11) is 1.72. The largest absolute Gasteiger partial charge is 0.384 e. The SMILES string of the molecule is COCCc1nnc2n1CCC1(CC2)CCN(C(=O)C2CCN(C(C)=O)CC2)CC1. The summed E-state index contributed by atoms with van der Waals surface area (Å²) in [6, 6.07) is 0. The first-order chi connectivity index (χ1) is 14.5. The number of hydrogen-bond acceptors (Lipinski definition) is 5. The van der Waals surface area contributed by atoms with Gasteiger partial charge in [-0.1, -0.05) is 0 Å². The molecule has 2 fully saturated rings. The minimum absolute atomic E-state index is 0.0863. The van der Waals surface area contributed by atoms with Crippen LogP contribution in [0, 0.1) is 11.3 Å². The molecule has 8 nitrogen and oxygen atoms in total. The Morgan fingerprint density at radius 3 is 2.37 bits per heavy atom. The molecule has 0 aromatic carbocycles. The number of fused-ring (bicyclic) bond motifs is 1. The molecule has 2 amide bonds. The molecule has 30 heavy (non-hydrogen) atoms. The Balaban J connectivity index is 1.30. The topological polar surface area (TPSA) is 80.6 Å². The fourth-order valence-electron chi connectivity index (χ4n) is 5.45. The van der Waals surface area contributed by atoms with Crippen molar-refractivity contribution in [2.24, 2.45) is 11.3 Å². The van der Waals surface area contributed by atoms with Gasteiger partial charge in [-0.3, -0.25) is 9.59 Å². The Labute approximate surface area is 178 Å². The van der Waals surface area contributed by atoms with E-state index in [1.54, 1.807) is 14.0 Å². The van der Waals surface area contributed by atoms with Crippen molar-refractivity contribution in [3.05, 3.63) is 11.6 Å². The van der Waals surface area contributed by atoms with E-state index in [1.807, 2.05) is 4.90 Å². The molecule has 0 radical (unpaired) electrons. The van der Waals surface area contributed by atoms with Crippen LogP contribution < -0.4 is 0 Å². The summed E-state index contributed by atoms with van der Waals surface area (Å²) in [6.07, 6.45) is 7.81. The molecule has 1 aromatic rings. The normalized spacial score (nSPS) is 22.1. The number of nitrogens with zero attached hydrogens (tertiary/aromatic N) is 5. The van der Waals surface area contributed by atoms with Gasteiger partial charge in [0.15, 0.2) is 0 Å². The lowest BCUT2D eigenvalue weighted by Crippen LogP contribution is -2.48. The molecule has 4 rings (SSSR count). The van der Waals surface area contributed by atoms with E-state index in [4.69, 9.17) is 4.74 Å². The molecule has 4 heterocycles. The number of amides is 2. The molecule has 1 aromatic heterocycles. The first-order valence-electron chi connectivity index (χ1n) is 11.5. The van der Waals surface area contributed by atoms with Crippen molar-refractivity contribution in [3.63, 3.8) is 0 Å². The van der Waals surface area contributed by atoms with Crippen molar-refractivity contribution in [1.29, 1.82) is 0 Å². The zero-order chi connectivity index (χ0) is 21.1. The minimum atomic E-state index is 0.0863. The lowest BCUT2D eigenvalue weighted by atomic mass is 9.72. The van der Waals surface area contributed by atoms with Gasteiger partial charge in [-0.25, -0.2) is 0 Å². The number of rotatable bonds is 4. The fourth-order valence-corrected chi connectivity index (χ4v) is 5.45. The van der Waals surface area contributed by atoms with Gasteiger partial charge in [0.05, 0.1) is 6.61 Å². The van der Waals surface area contributed by atoms with Crippen LogP contribution in [0.25, 0.3) is 0 Å².